The quantitative estimate of drug-likeness (QED) is 0.333. The molecule has 1 aromatic rings. The molecule has 0 aliphatic carbocycles. The molecule has 0 aliphatic rings. The van der Waals surface area contributed by atoms with Crippen molar-refractivity contribution < 1.29 is 5.03 Å². The Balaban J connectivity index is 2.52. The van der Waals surface area contributed by atoms with Gasteiger partial charge in [-0.1, -0.05) is 35.8 Å². The van der Waals surface area contributed by atoms with Gasteiger partial charge >= 0.3 is 0 Å². The number of guanidine groups is 1. The zero-order valence-corrected chi connectivity index (χ0v) is 8.30. The smallest absolute Gasteiger partial charge is 0.254 e. The van der Waals surface area contributed by atoms with E-state index < -0.39 is 5.03 Å². The number of hydrogen-bond acceptors (Lipinski definition) is 3. The number of nitrogens with zero attached hydrogens (tertiary/aromatic N) is 2. The topological polar surface area (TPSA) is 82.3 Å². The van der Waals surface area contributed by atoms with Gasteiger partial charge in [0.25, 0.3) is 5.96 Å². The summed E-state index contributed by atoms with van der Waals surface area (Å²) in [5.74, 6) is -0.233. The Bertz CT molecular complexity index is 352. The molecule has 0 saturated carbocycles. The molecular weight excluding hydrogens is 196 g/mol. The van der Waals surface area contributed by atoms with Crippen LogP contribution in [0.5, 0.6) is 0 Å². The van der Waals surface area contributed by atoms with Crippen molar-refractivity contribution in [3.05, 3.63) is 46.0 Å². The van der Waals surface area contributed by atoms with Crippen LogP contribution >= 0.6 is 0 Å². The standard InChI is InChI=1S/C9H12N4O2/c1-12(9(10)11-13(14)15)7-8-5-3-2-4-6-8/h2-6H,7H2,1H3,(H2,10,11). The Morgan fingerprint density at radius 2 is 2.13 bits per heavy atom. The van der Waals surface area contributed by atoms with Crippen LogP contribution in [0, 0.1) is 15.5 Å². The largest absolute Gasteiger partial charge is 0.337 e. The summed E-state index contributed by atoms with van der Waals surface area (Å²) in [7, 11) is 1.62. The fourth-order valence-corrected chi connectivity index (χ4v) is 1.11. The highest BCUT2D eigenvalue weighted by atomic mass is 16.7. The maximum atomic E-state index is 10.1. The molecular formula is C9H12N4O2. The first-order chi connectivity index (χ1) is 7.09. The zero-order chi connectivity index (χ0) is 11.3. The van der Waals surface area contributed by atoms with Crippen LogP contribution in [0.3, 0.4) is 0 Å². The van der Waals surface area contributed by atoms with Gasteiger partial charge in [0.15, 0.2) is 5.03 Å². The molecule has 0 atom stereocenters. The van der Waals surface area contributed by atoms with Gasteiger partial charge in [-0.15, -0.1) is 0 Å². The van der Waals surface area contributed by atoms with E-state index in [0.29, 0.717) is 6.54 Å². The Morgan fingerprint density at radius 3 is 2.67 bits per heavy atom. The minimum atomic E-state index is -0.746. The SMILES string of the molecule is CN(Cc1ccccc1)C(=N)N[N+](=O)[O-]. The van der Waals surface area contributed by atoms with E-state index in [1.54, 1.807) is 12.5 Å². The first kappa shape index (κ1) is 11.0. The summed E-state index contributed by atoms with van der Waals surface area (Å²) in [4.78, 5) is 11.6. The average molecular weight is 208 g/mol. The van der Waals surface area contributed by atoms with Gasteiger partial charge in [-0.2, -0.15) is 0 Å². The molecule has 0 amide bonds. The van der Waals surface area contributed by atoms with Crippen molar-refractivity contribution in [2.75, 3.05) is 7.05 Å². The number of rotatable bonds is 3. The van der Waals surface area contributed by atoms with Crippen LogP contribution in [0.25, 0.3) is 0 Å². The number of nitro groups is 1. The Hall–Kier alpha value is -2.11. The van der Waals surface area contributed by atoms with E-state index >= 15 is 0 Å². The molecule has 1 aromatic carbocycles. The third kappa shape index (κ3) is 3.63. The second kappa shape index (κ2) is 4.94. The molecule has 0 radical (unpaired) electrons. The third-order valence-corrected chi connectivity index (χ3v) is 1.84. The molecule has 0 unspecified atom stereocenters. The molecule has 0 heterocycles. The molecule has 0 bridgehead atoms. The highest BCUT2D eigenvalue weighted by molar-refractivity contribution is 5.75. The van der Waals surface area contributed by atoms with E-state index in [0.717, 1.165) is 5.56 Å². The van der Waals surface area contributed by atoms with E-state index in [1.807, 2.05) is 30.3 Å². The van der Waals surface area contributed by atoms with E-state index in [1.165, 1.54) is 4.90 Å². The molecule has 0 fully saturated rings. The van der Waals surface area contributed by atoms with Crippen LogP contribution in [0.1, 0.15) is 5.56 Å². The number of hydrazine groups is 1. The average Bonchev–Trinajstić information content (AvgIpc) is 2.18. The lowest BCUT2D eigenvalue weighted by atomic mass is 10.2. The van der Waals surface area contributed by atoms with E-state index in [4.69, 9.17) is 5.41 Å². The normalized spacial score (nSPS) is 9.40. The maximum Gasteiger partial charge on any atom is 0.254 e. The van der Waals surface area contributed by atoms with E-state index in [-0.39, 0.29) is 5.96 Å². The molecule has 2 N–H and O–H groups in total. The summed E-state index contributed by atoms with van der Waals surface area (Å²) in [6.45, 7) is 0.459. The lowest BCUT2D eigenvalue weighted by Gasteiger charge is -2.16. The Labute approximate surface area is 87.1 Å². The van der Waals surface area contributed by atoms with Crippen molar-refractivity contribution in [1.29, 1.82) is 5.41 Å². The van der Waals surface area contributed by atoms with Gasteiger partial charge < -0.3 is 4.90 Å². The summed E-state index contributed by atoms with van der Waals surface area (Å²) in [6.07, 6.45) is 0. The minimum Gasteiger partial charge on any atom is -0.337 e. The first-order valence-electron chi connectivity index (χ1n) is 4.34. The van der Waals surface area contributed by atoms with Crippen LogP contribution < -0.4 is 5.43 Å². The van der Waals surface area contributed by atoms with Crippen LogP contribution in [0.2, 0.25) is 0 Å². The van der Waals surface area contributed by atoms with Crippen molar-refractivity contribution in [1.82, 2.24) is 10.3 Å². The summed E-state index contributed by atoms with van der Waals surface area (Å²) < 4.78 is 0. The second-order valence-electron chi connectivity index (χ2n) is 3.06. The molecule has 15 heavy (non-hydrogen) atoms. The molecule has 0 aliphatic heterocycles. The fourth-order valence-electron chi connectivity index (χ4n) is 1.11. The molecule has 0 saturated heterocycles. The molecule has 1 rings (SSSR count). The van der Waals surface area contributed by atoms with Crippen LogP contribution in [0.4, 0.5) is 0 Å². The van der Waals surface area contributed by atoms with Crippen LogP contribution in [-0.2, 0) is 6.54 Å². The Kier molecular flexibility index (Phi) is 3.61. The lowest BCUT2D eigenvalue weighted by molar-refractivity contribution is -0.526. The summed E-state index contributed by atoms with van der Waals surface area (Å²) in [6, 6.07) is 9.46. The van der Waals surface area contributed by atoms with Gasteiger partial charge in [0.2, 0.25) is 0 Å². The zero-order valence-electron chi connectivity index (χ0n) is 8.30. The lowest BCUT2D eigenvalue weighted by Crippen LogP contribution is -2.40. The number of benzene rings is 1. The predicted molar refractivity (Wildman–Crippen MR) is 55.8 cm³/mol. The van der Waals surface area contributed by atoms with Crippen molar-refractivity contribution in [2.24, 2.45) is 0 Å². The highest BCUT2D eigenvalue weighted by Crippen LogP contribution is 2.01. The van der Waals surface area contributed by atoms with Gasteiger partial charge in [-0.25, -0.2) is 10.1 Å². The summed E-state index contributed by atoms with van der Waals surface area (Å²) in [5, 5.41) is 16.7. The van der Waals surface area contributed by atoms with Gasteiger partial charge in [0.1, 0.15) is 0 Å². The number of hydrogen-bond donors (Lipinski definition) is 2. The maximum absolute atomic E-state index is 10.1. The van der Waals surface area contributed by atoms with Gasteiger partial charge in [-0.05, 0) is 5.56 Å². The molecule has 6 nitrogen and oxygen atoms in total. The third-order valence-electron chi connectivity index (χ3n) is 1.84. The van der Waals surface area contributed by atoms with Gasteiger partial charge in [0.05, 0.1) is 0 Å². The minimum absolute atomic E-state index is 0.233. The van der Waals surface area contributed by atoms with Crippen molar-refractivity contribution in [3.8, 4) is 0 Å². The summed E-state index contributed by atoms with van der Waals surface area (Å²) >= 11 is 0. The molecule has 0 spiro atoms. The van der Waals surface area contributed by atoms with Gasteiger partial charge in [0, 0.05) is 13.6 Å². The van der Waals surface area contributed by atoms with Crippen LogP contribution in [0.15, 0.2) is 30.3 Å². The van der Waals surface area contributed by atoms with Crippen molar-refractivity contribution in [3.63, 3.8) is 0 Å². The Morgan fingerprint density at radius 1 is 1.53 bits per heavy atom. The molecule has 80 valence electrons. The number of nitrogens with one attached hydrogen (secondary N) is 2. The molecule has 0 aromatic heterocycles. The van der Waals surface area contributed by atoms with Crippen molar-refractivity contribution in [2.45, 2.75) is 6.54 Å². The van der Waals surface area contributed by atoms with E-state index in [2.05, 4.69) is 0 Å². The van der Waals surface area contributed by atoms with Crippen LogP contribution in [-0.4, -0.2) is 22.9 Å². The monoisotopic (exact) mass is 208 g/mol. The van der Waals surface area contributed by atoms with Gasteiger partial charge in [-0.3, -0.25) is 5.41 Å². The van der Waals surface area contributed by atoms with E-state index in [9.17, 15) is 10.1 Å². The summed E-state index contributed by atoms with van der Waals surface area (Å²) in [5.41, 5.74) is 2.79. The predicted octanol–water partition coefficient (Wildman–Crippen LogP) is 0.834. The fraction of sp³-hybridized carbons (Fsp3) is 0.222. The second-order valence-corrected chi connectivity index (χ2v) is 3.06. The van der Waals surface area contributed by atoms with Crippen molar-refractivity contribution >= 4 is 5.96 Å². The first-order valence-corrected chi connectivity index (χ1v) is 4.34. The molecule has 6 heteroatoms. The highest BCUT2D eigenvalue weighted by Gasteiger charge is 2.08.